The summed E-state index contributed by atoms with van der Waals surface area (Å²) in [5.41, 5.74) is 0.632. The van der Waals surface area contributed by atoms with Crippen LogP contribution in [-0.4, -0.2) is 45.1 Å². The summed E-state index contributed by atoms with van der Waals surface area (Å²) in [4.78, 5) is 32.5. The SMILES string of the molecule is CCn1c(=O)c2[nH]c(C=Cc3ccc(OC4CCS(=O)(=O)CC4)c(Cl)c3)nc2n(CC)c1=O. The molecule has 4 rings (SSSR count). The zero-order valence-electron chi connectivity index (χ0n) is 18.4. The third-order valence-corrected chi connectivity index (χ3v) is 7.71. The Morgan fingerprint density at radius 1 is 1.15 bits per heavy atom. The number of hydrogen-bond acceptors (Lipinski definition) is 6. The molecule has 0 aliphatic carbocycles. The standard InChI is InChI=1S/C22H25ClN4O5S/c1-3-26-20-19(21(28)27(4-2)22(26)29)24-18(25-20)8-6-14-5-7-17(16(23)13-14)32-15-9-11-33(30,31)12-10-15/h5-8,13,15H,3-4,9-12H2,1-2H3,(H,24,25). The molecule has 0 unspecified atom stereocenters. The van der Waals surface area contributed by atoms with E-state index < -0.39 is 15.4 Å². The topological polar surface area (TPSA) is 116 Å². The summed E-state index contributed by atoms with van der Waals surface area (Å²) in [6.07, 6.45) is 4.22. The Hall–Kier alpha value is -2.85. The zero-order valence-corrected chi connectivity index (χ0v) is 19.9. The van der Waals surface area contributed by atoms with Crippen molar-refractivity contribution in [1.82, 2.24) is 19.1 Å². The van der Waals surface area contributed by atoms with E-state index in [9.17, 15) is 18.0 Å². The number of nitrogens with zero attached hydrogens (tertiary/aromatic N) is 3. The van der Waals surface area contributed by atoms with E-state index in [0.29, 0.717) is 41.6 Å². The highest BCUT2D eigenvalue weighted by molar-refractivity contribution is 7.91. The predicted octanol–water partition coefficient (Wildman–Crippen LogP) is 2.71. The quantitative estimate of drug-likeness (QED) is 0.565. The summed E-state index contributed by atoms with van der Waals surface area (Å²) in [7, 11) is -2.95. The summed E-state index contributed by atoms with van der Waals surface area (Å²) >= 11 is 6.38. The number of fused-ring (bicyclic) bond motifs is 1. The van der Waals surface area contributed by atoms with Crippen molar-refractivity contribution in [2.75, 3.05) is 11.5 Å². The smallest absolute Gasteiger partial charge is 0.332 e. The molecule has 2 aromatic heterocycles. The van der Waals surface area contributed by atoms with Crippen molar-refractivity contribution in [2.24, 2.45) is 0 Å². The van der Waals surface area contributed by atoms with Crippen molar-refractivity contribution >= 4 is 44.8 Å². The molecule has 3 heterocycles. The van der Waals surface area contributed by atoms with E-state index in [1.807, 2.05) is 13.0 Å². The van der Waals surface area contributed by atoms with Gasteiger partial charge in [0.2, 0.25) is 0 Å². The molecule has 3 aromatic rings. The van der Waals surface area contributed by atoms with Crippen LogP contribution < -0.4 is 16.0 Å². The van der Waals surface area contributed by atoms with Gasteiger partial charge in [0.05, 0.1) is 16.5 Å². The zero-order chi connectivity index (χ0) is 23.8. The number of hydrogen-bond donors (Lipinski definition) is 1. The molecule has 0 saturated carbocycles. The Morgan fingerprint density at radius 2 is 1.85 bits per heavy atom. The maximum atomic E-state index is 12.6. The Labute approximate surface area is 195 Å². The Bertz CT molecular complexity index is 1440. The molecule has 0 atom stereocenters. The molecule has 1 fully saturated rings. The average Bonchev–Trinajstić information content (AvgIpc) is 3.20. The number of aryl methyl sites for hydroxylation is 1. The van der Waals surface area contributed by atoms with Gasteiger partial charge >= 0.3 is 5.69 Å². The molecule has 1 aliphatic heterocycles. The van der Waals surface area contributed by atoms with E-state index >= 15 is 0 Å². The fraction of sp³-hybridized carbons (Fsp3) is 0.409. The van der Waals surface area contributed by atoms with Crippen molar-refractivity contribution in [2.45, 2.75) is 45.9 Å². The van der Waals surface area contributed by atoms with Crippen LogP contribution in [0.5, 0.6) is 5.75 Å². The van der Waals surface area contributed by atoms with E-state index in [1.165, 1.54) is 9.13 Å². The number of H-pyrrole nitrogens is 1. The van der Waals surface area contributed by atoms with Crippen LogP contribution >= 0.6 is 11.6 Å². The lowest BCUT2D eigenvalue weighted by molar-refractivity contribution is 0.190. The van der Waals surface area contributed by atoms with Crippen LogP contribution in [0.3, 0.4) is 0 Å². The van der Waals surface area contributed by atoms with Crippen molar-refractivity contribution in [1.29, 1.82) is 0 Å². The monoisotopic (exact) mass is 492 g/mol. The van der Waals surface area contributed by atoms with Crippen LogP contribution in [-0.2, 0) is 22.9 Å². The predicted molar refractivity (Wildman–Crippen MR) is 129 cm³/mol. The Morgan fingerprint density at radius 3 is 2.48 bits per heavy atom. The van der Waals surface area contributed by atoms with Crippen LogP contribution in [0.4, 0.5) is 0 Å². The summed E-state index contributed by atoms with van der Waals surface area (Å²) in [6.45, 7) is 4.25. The molecule has 1 aliphatic rings. The van der Waals surface area contributed by atoms with E-state index in [4.69, 9.17) is 16.3 Å². The second-order valence-electron chi connectivity index (χ2n) is 7.89. The first-order valence-electron chi connectivity index (χ1n) is 10.8. The number of ether oxygens (including phenoxy) is 1. The molecular weight excluding hydrogens is 468 g/mol. The number of imidazole rings is 1. The number of nitrogens with one attached hydrogen (secondary N) is 1. The molecule has 0 radical (unpaired) electrons. The number of sulfone groups is 1. The molecular formula is C22H25ClN4O5S. The van der Waals surface area contributed by atoms with Gasteiger partial charge in [-0.3, -0.25) is 13.9 Å². The van der Waals surface area contributed by atoms with Gasteiger partial charge in [-0.1, -0.05) is 23.7 Å². The fourth-order valence-electron chi connectivity index (χ4n) is 3.88. The van der Waals surface area contributed by atoms with Gasteiger partial charge in [0.25, 0.3) is 5.56 Å². The van der Waals surface area contributed by atoms with E-state index in [1.54, 1.807) is 31.2 Å². The highest BCUT2D eigenvalue weighted by Gasteiger charge is 2.25. The van der Waals surface area contributed by atoms with Crippen molar-refractivity contribution in [3.63, 3.8) is 0 Å². The van der Waals surface area contributed by atoms with Crippen molar-refractivity contribution in [3.8, 4) is 5.75 Å². The number of aromatic amines is 1. The highest BCUT2D eigenvalue weighted by atomic mass is 35.5. The number of rotatable bonds is 6. The number of aromatic nitrogens is 4. The summed E-state index contributed by atoms with van der Waals surface area (Å²) in [6, 6.07) is 5.31. The fourth-order valence-corrected chi connectivity index (χ4v) is 5.57. The summed E-state index contributed by atoms with van der Waals surface area (Å²) in [5.74, 6) is 1.21. The number of benzene rings is 1. The van der Waals surface area contributed by atoms with Crippen LogP contribution in [0.1, 0.15) is 38.1 Å². The first-order valence-corrected chi connectivity index (χ1v) is 13.0. The molecule has 176 valence electrons. The first kappa shape index (κ1) is 23.3. The van der Waals surface area contributed by atoms with Gasteiger partial charge in [0.15, 0.2) is 15.5 Å². The van der Waals surface area contributed by atoms with Crippen LogP contribution in [0.2, 0.25) is 5.02 Å². The molecule has 11 heteroatoms. The van der Waals surface area contributed by atoms with E-state index in [0.717, 1.165) is 5.56 Å². The van der Waals surface area contributed by atoms with E-state index in [2.05, 4.69) is 9.97 Å². The minimum atomic E-state index is -2.95. The van der Waals surface area contributed by atoms with Gasteiger partial charge < -0.3 is 9.72 Å². The van der Waals surface area contributed by atoms with Gasteiger partial charge in [0.1, 0.15) is 23.2 Å². The molecule has 33 heavy (non-hydrogen) atoms. The average molecular weight is 493 g/mol. The molecule has 1 aromatic carbocycles. The lowest BCUT2D eigenvalue weighted by Crippen LogP contribution is -2.39. The molecule has 9 nitrogen and oxygen atoms in total. The third-order valence-electron chi connectivity index (χ3n) is 5.70. The second kappa shape index (κ2) is 9.18. The minimum absolute atomic E-state index is 0.128. The maximum Gasteiger partial charge on any atom is 0.332 e. The van der Waals surface area contributed by atoms with Crippen LogP contribution in [0, 0.1) is 0 Å². The normalized spacial score (nSPS) is 16.6. The first-order chi connectivity index (χ1) is 15.7. The second-order valence-corrected chi connectivity index (χ2v) is 10.6. The van der Waals surface area contributed by atoms with Crippen molar-refractivity contribution < 1.29 is 13.2 Å². The third kappa shape index (κ3) is 4.77. The van der Waals surface area contributed by atoms with Gasteiger partial charge in [0, 0.05) is 13.1 Å². The Kier molecular flexibility index (Phi) is 6.49. The highest BCUT2D eigenvalue weighted by Crippen LogP contribution is 2.29. The Balaban J connectivity index is 1.56. The molecule has 0 spiro atoms. The van der Waals surface area contributed by atoms with Crippen LogP contribution in [0.15, 0.2) is 27.8 Å². The summed E-state index contributed by atoms with van der Waals surface area (Å²) < 4.78 is 31.7. The lowest BCUT2D eigenvalue weighted by Gasteiger charge is -2.23. The van der Waals surface area contributed by atoms with Gasteiger partial charge in [-0.05, 0) is 50.5 Å². The number of halogens is 1. The minimum Gasteiger partial charge on any atom is -0.489 e. The van der Waals surface area contributed by atoms with Gasteiger partial charge in [-0.25, -0.2) is 18.2 Å². The molecule has 0 bridgehead atoms. The summed E-state index contributed by atoms with van der Waals surface area (Å²) in [5, 5.41) is 0.417. The largest absolute Gasteiger partial charge is 0.489 e. The molecule has 1 saturated heterocycles. The maximum absolute atomic E-state index is 12.6. The lowest BCUT2D eigenvalue weighted by atomic mass is 10.2. The van der Waals surface area contributed by atoms with Crippen LogP contribution in [0.25, 0.3) is 23.3 Å². The van der Waals surface area contributed by atoms with Gasteiger partial charge in [-0.2, -0.15) is 0 Å². The van der Waals surface area contributed by atoms with Gasteiger partial charge in [-0.15, -0.1) is 0 Å². The molecule has 1 N–H and O–H groups in total. The van der Waals surface area contributed by atoms with Crippen molar-refractivity contribution in [3.05, 3.63) is 55.4 Å². The van der Waals surface area contributed by atoms with E-state index in [-0.39, 0.29) is 35.4 Å². The molecule has 0 amide bonds.